The third-order valence-electron chi connectivity index (χ3n) is 0. The van der Waals surface area contributed by atoms with Crippen LogP contribution < -0.4 is 0 Å². The van der Waals surface area contributed by atoms with Crippen molar-refractivity contribution in [2.75, 3.05) is 0 Å². The zero-order valence-corrected chi connectivity index (χ0v) is 5.20. The molecule has 0 aliphatic rings. The first-order valence-corrected chi connectivity index (χ1v) is 0.289. The molecule has 0 aromatic carbocycles. The molecule has 0 atom stereocenters. The summed E-state index contributed by atoms with van der Waals surface area (Å²) in [5, 5.41) is 0. The second-order valence-electron chi connectivity index (χ2n) is 0. The molecule has 0 saturated heterocycles. The molecule has 0 saturated carbocycles. The Labute approximate surface area is 38.1 Å². The van der Waals surface area contributed by atoms with Crippen molar-refractivity contribution in [2.24, 2.45) is 0 Å². The summed E-state index contributed by atoms with van der Waals surface area (Å²) in [6.45, 7) is 0. The van der Waals surface area contributed by atoms with Gasteiger partial charge in [0.05, 0.1) is 0 Å². The molecule has 0 bridgehead atoms. The molecule has 4 heteroatoms. The van der Waals surface area contributed by atoms with E-state index in [4.69, 9.17) is 4.70 Å². The molecular formula is HBO2Zn. The van der Waals surface area contributed by atoms with Crippen LogP contribution in [0, 0.1) is 0 Å². The molecule has 0 amide bonds. The Morgan fingerprint density at radius 2 is 1.25 bits per heavy atom. The number of rotatable bonds is 0. The van der Waals surface area contributed by atoms with Crippen LogP contribution in [-0.4, -0.2) is 7.72 Å². The van der Waals surface area contributed by atoms with Gasteiger partial charge in [-0.1, -0.05) is 0 Å². The Bertz CT molecular complexity index is 6.00. The van der Waals surface area contributed by atoms with Crippen LogP contribution in [0.1, 0.15) is 0 Å². The van der Waals surface area contributed by atoms with E-state index in [9.17, 15) is 0 Å². The Balaban J connectivity index is -0.00000000500. The van der Waals surface area contributed by atoms with E-state index in [2.05, 4.69) is 0 Å². The van der Waals surface area contributed by atoms with Gasteiger partial charge in [0.25, 0.3) is 0 Å². The zero-order chi connectivity index (χ0) is 2.00. The van der Waals surface area contributed by atoms with Crippen LogP contribution in [0.5, 0.6) is 0 Å². The maximum atomic E-state index is 8.00. The van der Waals surface area contributed by atoms with Crippen LogP contribution in [0.25, 0.3) is 0 Å². The summed E-state index contributed by atoms with van der Waals surface area (Å²) in [4.78, 5) is 0. The first kappa shape index (κ1) is 25.2. The van der Waals surface area contributed by atoms with Gasteiger partial charge in [-0.05, 0) is 0 Å². The zero-order valence-electron chi connectivity index (χ0n) is 2.23. The van der Waals surface area contributed by atoms with Crippen LogP contribution in [0.2, 0.25) is 0 Å². The minimum absolute atomic E-state index is 0. The van der Waals surface area contributed by atoms with E-state index in [1.807, 2.05) is 7.72 Å². The van der Waals surface area contributed by atoms with Crippen molar-refractivity contribution >= 4 is 7.72 Å². The molecule has 0 unspecified atom stereocenters. The quantitative estimate of drug-likeness (QED) is 0.372. The van der Waals surface area contributed by atoms with Gasteiger partial charge in [0, 0.05) is 0 Å². The predicted molar refractivity (Wildman–Crippen MR) is 8.52 cm³/mol. The number of hydrogen-bond donors (Lipinski definition) is 0. The van der Waals surface area contributed by atoms with E-state index < -0.39 is 0 Å². The Hall–Kier alpha value is 0.448. The molecule has 4 heavy (non-hydrogen) atoms. The summed E-state index contributed by atoms with van der Waals surface area (Å²) in [5.41, 5.74) is 0. The van der Waals surface area contributed by atoms with Crippen molar-refractivity contribution < 1.29 is 29.7 Å². The number of hydrogen-bond acceptors (Lipinski definition) is 1. The summed E-state index contributed by atoms with van der Waals surface area (Å²) in [5.74, 6) is 0. The van der Waals surface area contributed by atoms with Gasteiger partial charge in [0.1, 0.15) is 0 Å². The molecule has 0 aromatic heterocycles. The molecule has 0 aliphatic heterocycles. The first-order valence-electron chi connectivity index (χ1n) is 0.289. The molecule has 0 heterocycles. The van der Waals surface area contributed by atoms with Crippen molar-refractivity contribution in [1.82, 2.24) is 0 Å². The summed E-state index contributed by atoms with van der Waals surface area (Å²) in [6.07, 6.45) is 0. The maximum absolute atomic E-state index is 8.00. The molecule has 0 spiro atoms. The average molecular weight is 109 g/mol. The van der Waals surface area contributed by atoms with Gasteiger partial charge in [-0.3, -0.25) is 0 Å². The van der Waals surface area contributed by atoms with E-state index in [0.29, 0.717) is 0 Å². The van der Waals surface area contributed by atoms with Gasteiger partial charge in [-0.2, -0.15) is 0 Å². The molecule has 0 fully saturated rings. The maximum Gasteiger partial charge on any atom is 2.00 e. The van der Waals surface area contributed by atoms with Crippen molar-refractivity contribution in [1.29, 1.82) is 0 Å². The third kappa shape index (κ3) is 25.6. The second-order valence-corrected chi connectivity index (χ2v) is 0. The van der Waals surface area contributed by atoms with Crippen molar-refractivity contribution in [2.45, 2.75) is 0 Å². The summed E-state index contributed by atoms with van der Waals surface area (Å²) < 4.78 is 8.00. The van der Waals surface area contributed by atoms with Crippen molar-refractivity contribution in [3.63, 3.8) is 0 Å². The topological polar surface area (TPSA) is 45.6 Å². The van der Waals surface area contributed by atoms with Gasteiger partial charge in [-0.15, -0.1) is 0 Å². The van der Waals surface area contributed by atoms with Gasteiger partial charge in [0.2, 0.25) is 0 Å². The Morgan fingerprint density at radius 3 is 1.25 bits per heavy atom. The smallest absolute Gasteiger partial charge is 2.00 e. The molecule has 0 aromatic rings. The van der Waals surface area contributed by atoms with Crippen LogP contribution in [0.4, 0.5) is 0 Å². The molecule has 0 radical (unpaired) electrons. The normalized spacial score (nSPS) is 0.750. The molecule has 0 aliphatic carbocycles. The molecule has 2 nitrogen and oxygen atoms in total. The fourth-order valence-electron chi connectivity index (χ4n) is 0. The van der Waals surface area contributed by atoms with Crippen LogP contribution in [0.3, 0.4) is 0 Å². The average Bonchev–Trinajstić information content (AvgIpc) is 1.00. The predicted octanol–water partition coefficient (Wildman–Crippen LogP) is -0.889. The standard InChI is InChI=1S/BHO.O.Zn/c1-2;;/h1H;;/q;-2;+2. The molecule has 0 N–H and O–H groups in total. The summed E-state index contributed by atoms with van der Waals surface area (Å²) in [6, 6.07) is 0. The second kappa shape index (κ2) is 103. The monoisotopic (exact) mass is 108 g/mol. The molecule has 18 valence electrons. The van der Waals surface area contributed by atoms with Crippen LogP contribution >= 0.6 is 0 Å². The van der Waals surface area contributed by atoms with Gasteiger partial charge < -0.3 is 5.48 Å². The fraction of sp³-hybridized carbons (Fsp3) is 0. The van der Waals surface area contributed by atoms with Crippen molar-refractivity contribution in [3.8, 4) is 0 Å². The fourth-order valence-corrected chi connectivity index (χ4v) is 0. The van der Waals surface area contributed by atoms with Gasteiger partial charge in [-0.25, -0.2) is 0 Å². The molecular weight excluding hydrogens is 108 g/mol. The van der Waals surface area contributed by atoms with Crippen molar-refractivity contribution in [3.05, 3.63) is 0 Å². The third-order valence-corrected chi connectivity index (χ3v) is 0. The van der Waals surface area contributed by atoms with E-state index in [1.165, 1.54) is 0 Å². The minimum Gasteiger partial charge on any atom is -2.00 e. The minimum atomic E-state index is 0. The molecule has 0 rings (SSSR count). The first-order chi connectivity index (χ1) is 1.00. The Kier molecular flexibility index (Phi) is 648. The van der Waals surface area contributed by atoms with E-state index in [0.717, 1.165) is 0 Å². The SMILES string of the molecule is B=O.[O-2].[Zn+2]. The van der Waals surface area contributed by atoms with Crippen LogP contribution in [0.15, 0.2) is 0 Å². The van der Waals surface area contributed by atoms with Gasteiger partial charge in [0.15, 0.2) is 0 Å². The summed E-state index contributed by atoms with van der Waals surface area (Å²) in [7, 11) is 2.00. The van der Waals surface area contributed by atoms with E-state index in [-0.39, 0.29) is 25.0 Å². The van der Waals surface area contributed by atoms with E-state index >= 15 is 0 Å². The van der Waals surface area contributed by atoms with Gasteiger partial charge >= 0.3 is 31.9 Å². The van der Waals surface area contributed by atoms with Crippen LogP contribution in [-0.2, 0) is 29.7 Å². The Morgan fingerprint density at radius 1 is 1.25 bits per heavy atom. The van der Waals surface area contributed by atoms with E-state index in [1.54, 1.807) is 0 Å². The summed E-state index contributed by atoms with van der Waals surface area (Å²) >= 11 is 0. The largest absolute Gasteiger partial charge is 2.00 e.